The van der Waals surface area contributed by atoms with Gasteiger partial charge in [0.2, 0.25) is 0 Å². The Morgan fingerprint density at radius 3 is 2.25 bits per heavy atom. The van der Waals surface area contributed by atoms with Gasteiger partial charge in [-0.2, -0.15) is 0 Å². The highest BCUT2D eigenvalue weighted by atomic mass is 19.2. The molecule has 1 atom stereocenters. The summed E-state index contributed by atoms with van der Waals surface area (Å²) in [4.78, 5) is 10.3. The summed E-state index contributed by atoms with van der Waals surface area (Å²) in [7, 11) is 0. The van der Waals surface area contributed by atoms with E-state index < -0.39 is 29.5 Å². The van der Waals surface area contributed by atoms with Crippen LogP contribution in [-0.4, -0.2) is 11.1 Å². The van der Waals surface area contributed by atoms with Crippen molar-refractivity contribution in [3.8, 4) is 0 Å². The number of nitrogens with two attached hydrogens (primary N) is 1. The van der Waals surface area contributed by atoms with Crippen molar-refractivity contribution < 1.29 is 23.1 Å². The molecule has 1 rings (SSSR count). The monoisotopic (exact) mass is 233 g/mol. The molecule has 6 heteroatoms. The van der Waals surface area contributed by atoms with Crippen LogP contribution in [0.25, 0.3) is 0 Å². The fourth-order valence-electron chi connectivity index (χ4n) is 1.23. The lowest BCUT2D eigenvalue weighted by Crippen LogP contribution is -2.13. The molecule has 0 spiro atoms. The molecule has 0 aliphatic carbocycles. The van der Waals surface area contributed by atoms with E-state index in [0.717, 1.165) is 12.1 Å². The smallest absolute Gasteiger partial charge is 0.303 e. The van der Waals surface area contributed by atoms with Crippen molar-refractivity contribution in [3.63, 3.8) is 0 Å². The number of carbonyl (C=O) groups is 1. The van der Waals surface area contributed by atoms with E-state index in [0.29, 0.717) is 0 Å². The number of hydrogen-bond acceptors (Lipinski definition) is 2. The second kappa shape index (κ2) is 4.98. The lowest BCUT2D eigenvalue weighted by molar-refractivity contribution is -0.137. The van der Waals surface area contributed by atoms with Gasteiger partial charge < -0.3 is 10.8 Å². The molecular formula is C10H10F3NO2. The lowest BCUT2D eigenvalue weighted by Gasteiger charge is -2.11. The molecule has 1 aromatic carbocycles. The number of aliphatic carboxylic acids is 1. The molecule has 0 aliphatic rings. The number of benzene rings is 1. The van der Waals surface area contributed by atoms with E-state index in [9.17, 15) is 18.0 Å². The molecule has 0 heterocycles. The Morgan fingerprint density at radius 2 is 1.81 bits per heavy atom. The molecule has 0 saturated heterocycles. The molecule has 0 amide bonds. The van der Waals surface area contributed by atoms with Crippen LogP contribution in [0, 0.1) is 17.5 Å². The average Bonchev–Trinajstić information content (AvgIpc) is 2.21. The summed E-state index contributed by atoms with van der Waals surface area (Å²) in [5.41, 5.74) is 5.55. The average molecular weight is 233 g/mol. The minimum absolute atomic E-state index is 0.0276. The van der Waals surface area contributed by atoms with Crippen molar-refractivity contribution in [1.82, 2.24) is 0 Å². The Bertz CT molecular complexity index is 386. The van der Waals surface area contributed by atoms with E-state index in [4.69, 9.17) is 10.8 Å². The first-order valence-corrected chi connectivity index (χ1v) is 4.53. The van der Waals surface area contributed by atoms with E-state index in [1.165, 1.54) is 0 Å². The Balaban J connectivity index is 2.84. The van der Waals surface area contributed by atoms with Gasteiger partial charge in [-0.25, -0.2) is 13.2 Å². The molecule has 1 aromatic rings. The second-order valence-electron chi connectivity index (χ2n) is 3.34. The predicted octanol–water partition coefficient (Wildman–Crippen LogP) is 1.97. The standard InChI is InChI=1S/C10H10F3NO2/c11-6-3-5(4-7(12)10(6)13)8(14)1-2-9(15)16/h3-4,8H,1-2,14H2,(H,15,16). The van der Waals surface area contributed by atoms with E-state index in [2.05, 4.69) is 0 Å². The van der Waals surface area contributed by atoms with Crippen molar-refractivity contribution in [3.05, 3.63) is 35.1 Å². The van der Waals surface area contributed by atoms with Crippen LogP contribution in [0.3, 0.4) is 0 Å². The number of halogens is 3. The maximum atomic E-state index is 12.8. The first-order chi connectivity index (χ1) is 7.41. The fourth-order valence-corrected chi connectivity index (χ4v) is 1.23. The number of carboxylic acids is 1. The third-order valence-corrected chi connectivity index (χ3v) is 2.10. The number of rotatable bonds is 4. The van der Waals surface area contributed by atoms with Crippen molar-refractivity contribution in [2.45, 2.75) is 18.9 Å². The molecule has 88 valence electrons. The number of hydrogen-bond donors (Lipinski definition) is 2. The van der Waals surface area contributed by atoms with Gasteiger partial charge in [-0.3, -0.25) is 4.79 Å². The van der Waals surface area contributed by atoms with Gasteiger partial charge in [-0.1, -0.05) is 0 Å². The Labute approximate surface area is 89.7 Å². The highest BCUT2D eigenvalue weighted by Crippen LogP contribution is 2.20. The summed E-state index contributed by atoms with van der Waals surface area (Å²) in [6, 6.07) is 0.705. The summed E-state index contributed by atoms with van der Waals surface area (Å²) < 4.78 is 38.2. The SMILES string of the molecule is NC(CCC(=O)O)c1cc(F)c(F)c(F)c1. The third-order valence-electron chi connectivity index (χ3n) is 2.10. The van der Waals surface area contributed by atoms with Crippen molar-refractivity contribution in [1.29, 1.82) is 0 Å². The molecule has 0 aromatic heterocycles. The van der Waals surface area contributed by atoms with E-state index in [1.54, 1.807) is 0 Å². The molecule has 16 heavy (non-hydrogen) atoms. The second-order valence-corrected chi connectivity index (χ2v) is 3.34. The Morgan fingerprint density at radius 1 is 1.31 bits per heavy atom. The van der Waals surface area contributed by atoms with Gasteiger partial charge in [0.1, 0.15) is 0 Å². The van der Waals surface area contributed by atoms with E-state index >= 15 is 0 Å². The third kappa shape index (κ3) is 2.96. The van der Waals surface area contributed by atoms with Crippen LogP contribution in [-0.2, 0) is 4.79 Å². The zero-order valence-electron chi connectivity index (χ0n) is 8.21. The highest BCUT2D eigenvalue weighted by molar-refractivity contribution is 5.66. The van der Waals surface area contributed by atoms with E-state index in [-0.39, 0.29) is 18.4 Å². The molecular weight excluding hydrogens is 223 g/mol. The van der Waals surface area contributed by atoms with Gasteiger partial charge in [-0.05, 0) is 24.1 Å². The van der Waals surface area contributed by atoms with Gasteiger partial charge in [-0.15, -0.1) is 0 Å². The minimum Gasteiger partial charge on any atom is -0.481 e. The highest BCUT2D eigenvalue weighted by Gasteiger charge is 2.15. The predicted molar refractivity (Wildman–Crippen MR) is 50.1 cm³/mol. The molecule has 0 saturated carbocycles. The molecule has 0 fully saturated rings. The van der Waals surface area contributed by atoms with Crippen molar-refractivity contribution >= 4 is 5.97 Å². The summed E-state index contributed by atoms with van der Waals surface area (Å²) in [6.45, 7) is 0. The molecule has 0 aliphatic heterocycles. The first-order valence-electron chi connectivity index (χ1n) is 4.53. The van der Waals surface area contributed by atoms with Crippen LogP contribution in [0.2, 0.25) is 0 Å². The Kier molecular flexibility index (Phi) is 3.89. The quantitative estimate of drug-likeness (QED) is 0.781. The normalized spacial score (nSPS) is 12.5. The fraction of sp³-hybridized carbons (Fsp3) is 0.300. The Hall–Kier alpha value is -1.56. The minimum atomic E-state index is -1.56. The van der Waals surface area contributed by atoms with Crippen LogP contribution in [0.4, 0.5) is 13.2 Å². The van der Waals surface area contributed by atoms with Gasteiger partial charge in [0, 0.05) is 12.5 Å². The summed E-state index contributed by atoms with van der Waals surface area (Å²) in [5.74, 6) is -5.28. The van der Waals surface area contributed by atoms with Crippen LogP contribution in [0.1, 0.15) is 24.4 Å². The number of carboxylic acid groups (broad SMARTS) is 1. The molecule has 0 radical (unpaired) electrons. The molecule has 0 bridgehead atoms. The zero-order chi connectivity index (χ0) is 12.3. The van der Waals surface area contributed by atoms with Crippen LogP contribution in [0.15, 0.2) is 12.1 Å². The molecule has 3 nitrogen and oxygen atoms in total. The summed E-state index contributed by atoms with van der Waals surface area (Å²) in [6.07, 6.45) is -0.193. The van der Waals surface area contributed by atoms with Crippen molar-refractivity contribution in [2.75, 3.05) is 0 Å². The largest absolute Gasteiger partial charge is 0.481 e. The lowest BCUT2D eigenvalue weighted by atomic mass is 10.0. The summed E-state index contributed by atoms with van der Waals surface area (Å²) in [5, 5.41) is 8.40. The van der Waals surface area contributed by atoms with Crippen LogP contribution in [0.5, 0.6) is 0 Å². The molecule has 1 unspecified atom stereocenters. The van der Waals surface area contributed by atoms with Crippen LogP contribution >= 0.6 is 0 Å². The van der Waals surface area contributed by atoms with Gasteiger partial charge in [0.05, 0.1) is 0 Å². The zero-order valence-corrected chi connectivity index (χ0v) is 8.21. The van der Waals surface area contributed by atoms with Gasteiger partial charge >= 0.3 is 5.97 Å². The van der Waals surface area contributed by atoms with Gasteiger partial charge in [0.25, 0.3) is 0 Å². The topological polar surface area (TPSA) is 63.3 Å². The van der Waals surface area contributed by atoms with Crippen LogP contribution < -0.4 is 5.73 Å². The van der Waals surface area contributed by atoms with Gasteiger partial charge in [0.15, 0.2) is 17.5 Å². The maximum absolute atomic E-state index is 12.8. The first kappa shape index (κ1) is 12.5. The molecule has 3 N–H and O–H groups in total. The van der Waals surface area contributed by atoms with E-state index in [1.807, 2.05) is 0 Å². The van der Waals surface area contributed by atoms with Crippen molar-refractivity contribution in [2.24, 2.45) is 5.73 Å². The maximum Gasteiger partial charge on any atom is 0.303 e. The summed E-state index contributed by atoms with van der Waals surface area (Å²) >= 11 is 0.